The molecule has 2 aromatic carbocycles. The van der Waals surface area contributed by atoms with Crippen LogP contribution < -0.4 is 0 Å². The Morgan fingerprint density at radius 1 is 0.895 bits per heavy atom. The first-order valence-corrected chi connectivity index (χ1v) is 14.5. The zero-order valence-electron chi connectivity index (χ0n) is 23.5. The molecule has 204 valence electrons. The monoisotopic (exact) mass is 516 g/mol. The minimum Gasteiger partial charge on any atom is -0.380 e. The molecule has 0 radical (unpaired) electrons. The van der Waals surface area contributed by atoms with Crippen LogP contribution in [0.1, 0.15) is 64.8 Å². The van der Waals surface area contributed by atoms with Crippen molar-refractivity contribution in [1.29, 1.82) is 0 Å². The van der Waals surface area contributed by atoms with E-state index in [4.69, 9.17) is 4.74 Å². The number of likely N-dealkylation sites (tertiary alicyclic amines) is 1. The molecule has 1 amide bonds. The van der Waals surface area contributed by atoms with Crippen molar-refractivity contribution in [3.05, 3.63) is 70.4 Å². The number of hydrogen-bond acceptors (Lipinski definition) is 4. The highest BCUT2D eigenvalue weighted by molar-refractivity contribution is 6.01. The molecule has 0 spiro atoms. The molecule has 1 N–H and O–H groups in total. The Labute approximate surface area is 227 Å². The minimum atomic E-state index is 0.142. The van der Waals surface area contributed by atoms with Gasteiger partial charge in [-0.3, -0.25) is 14.6 Å². The molecule has 0 unspecified atom stereocenters. The number of amides is 1. The number of nitrogens with zero attached hydrogens (tertiary/aromatic N) is 3. The second kappa shape index (κ2) is 12.5. The van der Waals surface area contributed by atoms with Gasteiger partial charge in [0.25, 0.3) is 5.91 Å². The number of piperidine rings is 1. The van der Waals surface area contributed by atoms with Gasteiger partial charge in [-0.1, -0.05) is 43.3 Å². The van der Waals surface area contributed by atoms with E-state index in [1.807, 2.05) is 11.0 Å². The maximum absolute atomic E-state index is 13.8. The summed E-state index contributed by atoms with van der Waals surface area (Å²) in [5.74, 6) is 0.767. The van der Waals surface area contributed by atoms with E-state index in [-0.39, 0.29) is 5.91 Å². The number of ether oxygens (including phenoxy) is 1. The molecule has 6 heteroatoms. The normalized spacial score (nSPS) is 17.9. The molecule has 5 rings (SSSR count). The Balaban J connectivity index is 1.25. The molecular weight excluding hydrogens is 472 g/mol. The fourth-order valence-corrected chi connectivity index (χ4v) is 6.39. The quantitative estimate of drug-likeness (QED) is 0.390. The zero-order chi connectivity index (χ0) is 26.5. The predicted molar refractivity (Wildman–Crippen MR) is 155 cm³/mol. The van der Waals surface area contributed by atoms with E-state index < -0.39 is 0 Å². The second-order valence-electron chi connectivity index (χ2n) is 11.1. The summed E-state index contributed by atoms with van der Waals surface area (Å²) < 4.78 is 5.66. The van der Waals surface area contributed by atoms with Crippen molar-refractivity contribution >= 4 is 16.8 Å². The van der Waals surface area contributed by atoms with Gasteiger partial charge in [0.2, 0.25) is 0 Å². The average Bonchev–Trinajstić information content (AvgIpc) is 3.30. The van der Waals surface area contributed by atoms with E-state index in [1.54, 1.807) is 5.56 Å². The molecule has 0 bridgehead atoms. The Hall–Kier alpha value is -2.67. The number of piperazine rings is 1. The molecule has 2 aliphatic heterocycles. The standard InChI is InChI=1S/C32H44N4O2/c1-4-21-38-22-20-34-16-18-36(19-17-34)32(37)31-28(27-10-5-6-11-29(27)33-31)23-35-14-12-26(13-15-35)30-24(2)8-7-9-25(30)3/h5-11,26,33H,4,12-23H2,1-3H3. The molecule has 0 aliphatic carbocycles. The first kappa shape index (κ1) is 26.9. The molecule has 1 aromatic heterocycles. The highest BCUT2D eigenvalue weighted by Gasteiger charge is 2.29. The molecule has 0 saturated carbocycles. The number of para-hydroxylation sites is 1. The van der Waals surface area contributed by atoms with Crippen molar-refractivity contribution in [2.24, 2.45) is 0 Å². The third kappa shape index (κ3) is 5.98. The van der Waals surface area contributed by atoms with Gasteiger partial charge in [-0.2, -0.15) is 0 Å². The summed E-state index contributed by atoms with van der Waals surface area (Å²) in [6, 6.07) is 15.1. The summed E-state index contributed by atoms with van der Waals surface area (Å²) in [5, 5.41) is 1.18. The lowest BCUT2D eigenvalue weighted by atomic mass is 9.84. The first-order chi connectivity index (χ1) is 18.5. The first-order valence-electron chi connectivity index (χ1n) is 14.5. The topological polar surface area (TPSA) is 51.8 Å². The van der Waals surface area contributed by atoms with Crippen LogP contribution in [0.25, 0.3) is 10.9 Å². The summed E-state index contributed by atoms with van der Waals surface area (Å²) >= 11 is 0. The Morgan fingerprint density at radius 2 is 1.61 bits per heavy atom. The molecule has 38 heavy (non-hydrogen) atoms. The van der Waals surface area contributed by atoms with Crippen molar-refractivity contribution in [2.45, 2.75) is 52.5 Å². The third-order valence-electron chi connectivity index (χ3n) is 8.51. The Morgan fingerprint density at radius 3 is 2.32 bits per heavy atom. The SMILES string of the molecule is CCCOCCN1CCN(C(=O)c2[nH]c3ccccc3c2CN2CCC(c3c(C)cccc3C)CC2)CC1. The number of fused-ring (bicyclic) bond motifs is 1. The molecule has 3 aromatic rings. The number of aromatic nitrogens is 1. The van der Waals surface area contributed by atoms with Gasteiger partial charge in [0.15, 0.2) is 0 Å². The maximum atomic E-state index is 13.8. The Kier molecular flexibility index (Phi) is 8.82. The fourth-order valence-electron chi connectivity index (χ4n) is 6.39. The van der Waals surface area contributed by atoms with Crippen LogP contribution in [0.2, 0.25) is 0 Å². The van der Waals surface area contributed by atoms with Crippen molar-refractivity contribution in [1.82, 2.24) is 19.7 Å². The maximum Gasteiger partial charge on any atom is 0.270 e. The lowest BCUT2D eigenvalue weighted by Gasteiger charge is -2.35. The summed E-state index contributed by atoms with van der Waals surface area (Å²) in [6.07, 6.45) is 3.39. The number of aryl methyl sites for hydroxylation is 2. The lowest BCUT2D eigenvalue weighted by Crippen LogP contribution is -2.49. The number of aromatic amines is 1. The van der Waals surface area contributed by atoms with Gasteiger partial charge in [-0.05, 0) is 74.9 Å². The van der Waals surface area contributed by atoms with E-state index in [0.717, 1.165) is 88.8 Å². The zero-order valence-corrected chi connectivity index (χ0v) is 23.5. The number of benzene rings is 2. The van der Waals surface area contributed by atoms with E-state index in [0.29, 0.717) is 5.92 Å². The van der Waals surface area contributed by atoms with E-state index in [1.165, 1.54) is 29.4 Å². The molecule has 6 nitrogen and oxygen atoms in total. The Bertz CT molecular complexity index is 1200. The van der Waals surface area contributed by atoms with Crippen molar-refractivity contribution in [3.8, 4) is 0 Å². The number of carbonyl (C=O) groups is 1. The summed E-state index contributed by atoms with van der Waals surface area (Å²) in [5.41, 5.74) is 7.38. The van der Waals surface area contributed by atoms with Crippen LogP contribution in [0.15, 0.2) is 42.5 Å². The van der Waals surface area contributed by atoms with Crippen LogP contribution in [0.5, 0.6) is 0 Å². The fraction of sp³-hybridized carbons (Fsp3) is 0.531. The van der Waals surface area contributed by atoms with Gasteiger partial charge in [0.1, 0.15) is 5.69 Å². The van der Waals surface area contributed by atoms with E-state index in [2.05, 4.69) is 72.0 Å². The van der Waals surface area contributed by atoms with Gasteiger partial charge in [0.05, 0.1) is 6.61 Å². The highest BCUT2D eigenvalue weighted by atomic mass is 16.5. The summed E-state index contributed by atoms with van der Waals surface area (Å²) in [7, 11) is 0. The molecule has 2 aliphatic rings. The minimum absolute atomic E-state index is 0.142. The average molecular weight is 517 g/mol. The van der Waals surface area contributed by atoms with Crippen molar-refractivity contribution in [3.63, 3.8) is 0 Å². The number of rotatable bonds is 9. The summed E-state index contributed by atoms with van der Waals surface area (Å²) in [6.45, 7) is 15.5. The van der Waals surface area contributed by atoms with Gasteiger partial charge < -0.3 is 14.6 Å². The largest absolute Gasteiger partial charge is 0.380 e. The smallest absolute Gasteiger partial charge is 0.270 e. The highest BCUT2D eigenvalue weighted by Crippen LogP contribution is 2.34. The van der Waals surface area contributed by atoms with Crippen LogP contribution in [-0.4, -0.2) is 84.6 Å². The van der Waals surface area contributed by atoms with Gasteiger partial charge in [-0.15, -0.1) is 0 Å². The van der Waals surface area contributed by atoms with Crippen LogP contribution in [0.4, 0.5) is 0 Å². The number of H-pyrrole nitrogens is 1. The van der Waals surface area contributed by atoms with Crippen LogP contribution in [0, 0.1) is 13.8 Å². The number of nitrogens with one attached hydrogen (secondary N) is 1. The number of carbonyl (C=O) groups excluding carboxylic acids is 1. The molecule has 0 atom stereocenters. The molecular formula is C32H44N4O2. The molecule has 3 heterocycles. The van der Waals surface area contributed by atoms with E-state index in [9.17, 15) is 4.79 Å². The lowest BCUT2D eigenvalue weighted by molar-refractivity contribution is 0.0546. The number of hydrogen-bond donors (Lipinski definition) is 1. The van der Waals surface area contributed by atoms with Crippen LogP contribution in [0.3, 0.4) is 0 Å². The molecule has 2 saturated heterocycles. The van der Waals surface area contributed by atoms with Gasteiger partial charge in [-0.25, -0.2) is 0 Å². The molecule has 2 fully saturated rings. The van der Waals surface area contributed by atoms with Crippen molar-refractivity contribution in [2.75, 3.05) is 59.0 Å². The van der Waals surface area contributed by atoms with Crippen LogP contribution >= 0.6 is 0 Å². The predicted octanol–water partition coefficient (Wildman–Crippen LogP) is 5.35. The summed E-state index contributed by atoms with van der Waals surface area (Å²) in [4.78, 5) is 24.3. The van der Waals surface area contributed by atoms with E-state index >= 15 is 0 Å². The third-order valence-corrected chi connectivity index (χ3v) is 8.51. The van der Waals surface area contributed by atoms with Crippen molar-refractivity contribution < 1.29 is 9.53 Å². The van der Waals surface area contributed by atoms with Crippen LogP contribution in [-0.2, 0) is 11.3 Å². The van der Waals surface area contributed by atoms with Gasteiger partial charge >= 0.3 is 0 Å². The van der Waals surface area contributed by atoms with Gasteiger partial charge in [0, 0.05) is 62.3 Å². The second-order valence-corrected chi connectivity index (χ2v) is 11.1.